The molecule has 1 fully saturated rings. The molecule has 0 amide bonds. The molecule has 0 bridgehead atoms. The molecule has 0 aromatic heterocycles. The second-order valence-electron chi connectivity index (χ2n) is 5.60. The number of hydrogen-bond acceptors (Lipinski definition) is 7. The number of anilines is 2. The molecule has 0 atom stereocenters. The standard InChI is InChI=1S/C15H20N6O2S/c1-24(22,23)14-6-5-11(19-20-12(10-16)15(17)18)9-13(14)21-7-3-2-4-8-21/h5-6,9,19H,2-4,7-8H2,1H3,(H3,17,18)/b20-12+. The predicted octanol–water partition coefficient (Wildman–Crippen LogP) is 1.31. The van der Waals surface area contributed by atoms with Crippen molar-refractivity contribution >= 4 is 32.8 Å². The van der Waals surface area contributed by atoms with Gasteiger partial charge in [-0.05, 0) is 37.5 Å². The molecule has 1 heterocycles. The van der Waals surface area contributed by atoms with Crippen molar-refractivity contribution in [2.24, 2.45) is 10.8 Å². The molecule has 8 nitrogen and oxygen atoms in total. The average Bonchev–Trinajstić information content (AvgIpc) is 2.55. The maximum atomic E-state index is 12.0. The van der Waals surface area contributed by atoms with Gasteiger partial charge in [0.05, 0.1) is 16.3 Å². The average molecular weight is 348 g/mol. The molecule has 0 spiro atoms. The van der Waals surface area contributed by atoms with Crippen LogP contribution < -0.4 is 16.1 Å². The maximum absolute atomic E-state index is 12.0. The van der Waals surface area contributed by atoms with Gasteiger partial charge in [-0.2, -0.15) is 10.4 Å². The molecule has 0 unspecified atom stereocenters. The first-order valence-corrected chi connectivity index (χ1v) is 9.39. The first-order chi connectivity index (χ1) is 11.3. The minimum Gasteiger partial charge on any atom is -0.382 e. The third-order valence-corrected chi connectivity index (χ3v) is 4.86. The van der Waals surface area contributed by atoms with Gasteiger partial charge in [-0.1, -0.05) is 0 Å². The number of nitrogens with zero attached hydrogens (tertiary/aromatic N) is 3. The van der Waals surface area contributed by atoms with Crippen LogP contribution in [0, 0.1) is 16.7 Å². The summed E-state index contributed by atoms with van der Waals surface area (Å²) in [7, 11) is -3.36. The summed E-state index contributed by atoms with van der Waals surface area (Å²) < 4.78 is 24.1. The van der Waals surface area contributed by atoms with E-state index in [1.165, 1.54) is 12.3 Å². The zero-order valence-corrected chi connectivity index (χ0v) is 14.2. The highest BCUT2D eigenvalue weighted by molar-refractivity contribution is 7.90. The molecule has 2 rings (SSSR count). The molecule has 1 aliphatic rings. The lowest BCUT2D eigenvalue weighted by molar-refractivity contribution is 0.572. The summed E-state index contributed by atoms with van der Waals surface area (Å²) in [5.74, 6) is -0.436. The second-order valence-corrected chi connectivity index (χ2v) is 7.58. The van der Waals surface area contributed by atoms with Crippen LogP contribution in [0.4, 0.5) is 11.4 Å². The molecular weight excluding hydrogens is 328 g/mol. The summed E-state index contributed by atoms with van der Waals surface area (Å²) in [6, 6.07) is 6.51. The van der Waals surface area contributed by atoms with Crippen molar-refractivity contribution in [1.29, 1.82) is 10.7 Å². The Hall–Kier alpha value is -2.60. The van der Waals surface area contributed by atoms with Crippen LogP contribution in [-0.2, 0) is 9.84 Å². The number of hydrazone groups is 1. The Balaban J connectivity index is 2.39. The lowest BCUT2D eigenvalue weighted by Crippen LogP contribution is -2.30. The number of amidine groups is 1. The van der Waals surface area contributed by atoms with E-state index in [1.54, 1.807) is 18.2 Å². The molecule has 0 radical (unpaired) electrons. The van der Waals surface area contributed by atoms with Crippen LogP contribution in [-0.4, -0.2) is 39.3 Å². The van der Waals surface area contributed by atoms with Crippen LogP contribution >= 0.6 is 0 Å². The van der Waals surface area contributed by atoms with Gasteiger partial charge in [0.1, 0.15) is 6.07 Å². The van der Waals surface area contributed by atoms with E-state index in [2.05, 4.69) is 10.5 Å². The SMILES string of the molecule is CS(=O)(=O)c1ccc(N/N=C(\C#N)C(=N)N)cc1N1CCCCC1. The van der Waals surface area contributed by atoms with Gasteiger partial charge in [-0.15, -0.1) is 0 Å². The first-order valence-electron chi connectivity index (χ1n) is 7.50. The van der Waals surface area contributed by atoms with E-state index >= 15 is 0 Å². The van der Waals surface area contributed by atoms with Crippen molar-refractivity contribution in [3.63, 3.8) is 0 Å². The summed E-state index contributed by atoms with van der Waals surface area (Å²) in [6.45, 7) is 1.60. The highest BCUT2D eigenvalue weighted by atomic mass is 32.2. The van der Waals surface area contributed by atoms with Crippen molar-refractivity contribution in [2.45, 2.75) is 24.2 Å². The maximum Gasteiger partial charge on any atom is 0.201 e. The van der Waals surface area contributed by atoms with Gasteiger partial charge in [0.2, 0.25) is 5.71 Å². The van der Waals surface area contributed by atoms with Gasteiger partial charge in [0.15, 0.2) is 15.7 Å². The van der Waals surface area contributed by atoms with Crippen molar-refractivity contribution in [1.82, 2.24) is 0 Å². The molecular formula is C15H20N6O2S. The number of nitrogens with two attached hydrogens (primary N) is 1. The Morgan fingerprint density at radius 3 is 2.58 bits per heavy atom. The van der Waals surface area contributed by atoms with E-state index in [-0.39, 0.29) is 10.6 Å². The molecule has 0 saturated carbocycles. The smallest absolute Gasteiger partial charge is 0.201 e. The molecule has 1 saturated heterocycles. The van der Waals surface area contributed by atoms with Crippen LogP contribution in [0.2, 0.25) is 0 Å². The Kier molecular flexibility index (Phi) is 5.41. The van der Waals surface area contributed by atoms with Crippen molar-refractivity contribution in [3.8, 4) is 6.07 Å². The fourth-order valence-electron chi connectivity index (χ4n) is 2.55. The van der Waals surface area contributed by atoms with Gasteiger partial charge in [0.25, 0.3) is 0 Å². The molecule has 0 aliphatic carbocycles. The second kappa shape index (κ2) is 7.31. The number of rotatable bonds is 5. The normalized spacial score (nSPS) is 15.7. The molecule has 24 heavy (non-hydrogen) atoms. The Bertz CT molecular complexity index is 804. The fraction of sp³-hybridized carbons (Fsp3) is 0.400. The first kappa shape index (κ1) is 17.7. The molecule has 1 aromatic carbocycles. The van der Waals surface area contributed by atoms with E-state index in [9.17, 15) is 8.42 Å². The summed E-state index contributed by atoms with van der Waals surface area (Å²) in [4.78, 5) is 2.32. The molecule has 4 N–H and O–H groups in total. The zero-order valence-electron chi connectivity index (χ0n) is 13.4. The zero-order chi connectivity index (χ0) is 17.7. The van der Waals surface area contributed by atoms with Crippen molar-refractivity contribution < 1.29 is 8.42 Å². The van der Waals surface area contributed by atoms with Gasteiger partial charge < -0.3 is 10.6 Å². The number of piperidine rings is 1. The van der Waals surface area contributed by atoms with E-state index in [4.69, 9.17) is 16.4 Å². The Morgan fingerprint density at radius 1 is 1.38 bits per heavy atom. The highest BCUT2D eigenvalue weighted by Gasteiger charge is 2.20. The van der Waals surface area contributed by atoms with Gasteiger partial charge >= 0.3 is 0 Å². The number of nitriles is 1. The van der Waals surface area contributed by atoms with E-state index in [0.29, 0.717) is 11.4 Å². The van der Waals surface area contributed by atoms with E-state index in [1.807, 2.05) is 4.90 Å². The predicted molar refractivity (Wildman–Crippen MR) is 94.2 cm³/mol. The molecule has 128 valence electrons. The summed E-state index contributed by atoms with van der Waals surface area (Å²) in [5, 5.41) is 19.9. The van der Waals surface area contributed by atoms with Crippen LogP contribution in [0.5, 0.6) is 0 Å². The summed E-state index contributed by atoms with van der Waals surface area (Å²) >= 11 is 0. The van der Waals surface area contributed by atoms with E-state index < -0.39 is 15.7 Å². The quantitative estimate of drug-likeness (QED) is 0.417. The molecule has 1 aliphatic heterocycles. The van der Waals surface area contributed by atoms with Crippen LogP contribution in [0.25, 0.3) is 0 Å². The number of sulfone groups is 1. The van der Waals surface area contributed by atoms with Gasteiger partial charge in [0, 0.05) is 19.3 Å². The van der Waals surface area contributed by atoms with Crippen molar-refractivity contribution in [2.75, 3.05) is 29.7 Å². The Labute approximate surface area is 141 Å². The molecule has 9 heteroatoms. The highest BCUT2D eigenvalue weighted by Crippen LogP contribution is 2.30. The largest absolute Gasteiger partial charge is 0.382 e. The topological polar surface area (TPSA) is 135 Å². The van der Waals surface area contributed by atoms with Gasteiger partial charge in [-0.3, -0.25) is 10.8 Å². The lowest BCUT2D eigenvalue weighted by atomic mass is 10.1. The summed E-state index contributed by atoms with van der Waals surface area (Å²) in [6.07, 6.45) is 4.35. The van der Waals surface area contributed by atoms with Crippen LogP contribution in [0.15, 0.2) is 28.2 Å². The molecule has 1 aromatic rings. The monoisotopic (exact) mass is 348 g/mol. The van der Waals surface area contributed by atoms with Gasteiger partial charge in [-0.25, -0.2) is 8.42 Å². The van der Waals surface area contributed by atoms with Crippen LogP contribution in [0.1, 0.15) is 19.3 Å². The lowest BCUT2D eigenvalue weighted by Gasteiger charge is -2.30. The van der Waals surface area contributed by atoms with Crippen molar-refractivity contribution in [3.05, 3.63) is 18.2 Å². The number of hydrogen-bond donors (Lipinski definition) is 3. The summed E-state index contributed by atoms with van der Waals surface area (Å²) in [5.41, 5.74) is 8.81. The minimum absolute atomic E-state index is 0.235. The third-order valence-electron chi connectivity index (χ3n) is 3.71. The number of nitrogens with one attached hydrogen (secondary N) is 2. The minimum atomic E-state index is -3.36. The Morgan fingerprint density at radius 2 is 2.04 bits per heavy atom. The fourth-order valence-corrected chi connectivity index (χ4v) is 3.43. The third kappa shape index (κ3) is 4.23. The number of benzene rings is 1. The van der Waals surface area contributed by atoms with Crippen LogP contribution in [0.3, 0.4) is 0 Å². The van der Waals surface area contributed by atoms with E-state index in [0.717, 1.165) is 32.4 Å².